The van der Waals surface area contributed by atoms with Crippen molar-refractivity contribution in [2.45, 2.75) is 32.5 Å². The van der Waals surface area contributed by atoms with Gasteiger partial charge in [-0.2, -0.15) is 13.2 Å². The number of halogens is 3. The molecule has 3 nitrogen and oxygen atoms in total. The molecule has 0 N–H and O–H groups in total. The molecule has 0 spiro atoms. The monoisotopic (exact) mass is 290 g/mol. The molecule has 1 aromatic carbocycles. The maximum atomic E-state index is 13.5. The topological polar surface area (TPSA) is 35.5 Å². The number of esters is 1. The van der Waals surface area contributed by atoms with Crippen molar-refractivity contribution in [2.24, 2.45) is 0 Å². The summed E-state index contributed by atoms with van der Waals surface area (Å²) < 4.78 is 49.6. The van der Waals surface area contributed by atoms with E-state index in [9.17, 15) is 18.0 Å². The van der Waals surface area contributed by atoms with Crippen molar-refractivity contribution in [1.29, 1.82) is 0 Å². The summed E-state index contributed by atoms with van der Waals surface area (Å²) in [5, 5.41) is 0. The van der Waals surface area contributed by atoms with Gasteiger partial charge in [0.1, 0.15) is 0 Å². The first-order chi connectivity index (χ1) is 9.18. The van der Waals surface area contributed by atoms with Gasteiger partial charge in [0.15, 0.2) is 0 Å². The SMILES string of the molecule is CCOC(=O)[C@@](OC)(c1cc(C)cc(C)c1)C(F)(F)F. The zero-order valence-corrected chi connectivity index (χ0v) is 11.8. The third-order valence-corrected chi connectivity index (χ3v) is 2.90. The number of methoxy groups -OCH3 is 1. The molecule has 0 saturated carbocycles. The van der Waals surface area contributed by atoms with Crippen molar-refractivity contribution >= 4 is 5.97 Å². The van der Waals surface area contributed by atoms with Crippen LogP contribution in [0, 0.1) is 13.8 Å². The molecule has 0 aliphatic carbocycles. The molecule has 1 aromatic rings. The van der Waals surface area contributed by atoms with Crippen LogP contribution in [0.2, 0.25) is 0 Å². The van der Waals surface area contributed by atoms with Crippen LogP contribution < -0.4 is 0 Å². The minimum atomic E-state index is -4.92. The van der Waals surface area contributed by atoms with Crippen molar-refractivity contribution in [3.8, 4) is 0 Å². The molecule has 0 amide bonds. The van der Waals surface area contributed by atoms with Crippen molar-refractivity contribution in [1.82, 2.24) is 0 Å². The standard InChI is InChI=1S/C14H17F3O3/c1-5-20-12(18)13(19-4,14(15,16)17)11-7-9(2)6-10(3)8-11/h6-8H,5H2,1-4H3/t13-/m0/s1. The van der Waals surface area contributed by atoms with Gasteiger partial charge >= 0.3 is 12.1 Å². The zero-order valence-electron chi connectivity index (χ0n) is 11.8. The number of carbonyl (C=O) groups excluding carboxylic acids is 1. The van der Waals surface area contributed by atoms with Crippen LogP contribution >= 0.6 is 0 Å². The molecular formula is C14H17F3O3. The number of alkyl halides is 3. The Balaban J connectivity index is 3.55. The van der Waals surface area contributed by atoms with E-state index in [0.29, 0.717) is 11.1 Å². The van der Waals surface area contributed by atoms with Crippen molar-refractivity contribution in [2.75, 3.05) is 13.7 Å². The smallest absolute Gasteiger partial charge is 0.432 e. The number of carbonyl (C=O) groups is 1. The lowest BCUT2D eigenvalue weighted by atomic mass is 9.90. The summed E-state index contributed by atoms with van der Waals surface area (Å²) in [6.07, 6.45) is -4.92. The first kappa shape index (κ1) is 16.5. The van der Waals surface area contributed by atoms with Crippen LogP contribution in [0.3, 0.4) is 0 Å². The molecule has 6 heteroatoms. The van der Waals surface area contributed by atoms with E-state index >= 15 is 0 Å². The highest BCUT2D eigenvalue weighted by atomic mass is 19.4. The van der Waals surface area contributed by atoms with Gasteiger partial charge < -0.3 is 9.47 Å². The Hall–Kier alpha value is -1.56. The van der Waals surface area contributed by atoms with Crippen molar-refractivity contribution in [3.05, 3.63) is 34.9 Å². The maximum absolute atomic E-state index is 13.5. The number of benzene rings is 1. The number of hydrogen-bond acceptors (Lipinski definition) is 3. The molecule has 0 bridgehead atoms. The lowest BCUT2D eigenvalue weighted by Gasteiger charge is -2.32. The second-order valence-electron chi connectivity index (χ2n) is 4.48. The highest BCUT2D eigenvalue weighted by Gasteiger charge is 2.64. The van der Waals surface area contributed by atoms with Crippen molar-refractivity contribution < 1.29 is 27.4 Å². The molecule has 1 atom stereocenters. The first-order valence-corrected chi connectivity index (χ1v) is 6.07. The summed E-state index contributed by atoms with van der Waals surface area (Å²) >= 11 is 0. The van der Waals surface area contributed by atoms with E-state index < -0.39 is 17.7 Å². The van der Waals surface area contributed by atoms with E-state index in [1.165, 1.54) is 19.1 Å². The first-order valence-electron chi connectivity index (χ1n) is 6.07. The minimum absolute atomic E-state index is 0.162. The second-order valence-corrected chi connectivity index (χ2v) is 4.48. The number of rotatable bonds is 4. The van der Waals surface area contributed by atoms with Gasteiger partial charge in [-0.1, -0.05) is 29.3 Å². The molecule has 0 fully saturated rings. The lowest BCUT2D eigenvalue weighted by Crippen LogP contribution is -2.51. The summed E-state index contributed by atoms with van der Waals surface area (Å²) in [5.74, 6) is -1.46. The van der Waals surface area contributed by atoms with E-state index in [0.717, 1.165) is 7.11 Å². The lowest BCUT2D eigenvalue weighted by molar-refractivity contribution is -0.276. The maximum Gasteiger partial charge on any atom is 0.432 e. The predicted octanol–water partition coefficient (Wildman–Crippen LogP) is 3.27. The molecule has 0 saturated heterocycles. The molecule has 0 radical (unpaired) electrons. The predicted molar refractivity (Wildman–Crippen MR) is 67.3 cm³/mol. The largest absolute Gasteiger partial charge is 0.463 e. The van der Waals surface area contributed by atoms with E-state index in [2.05, 4.69) is 9.47 Å². The highest BCUT2D eigenvalue weighted by molar-refractivity contribution is 5.82. The van der Waals surface area contributed by atoms with Gasteiger partial charge in [-0.25, -0.2) is 4.79 Å². The minimum Gasteiger partial charge on any atom is -0.463 e. The molecular weight excluding hydrogens is 273 g/mol. The van der Waals surface area contributed by atoms with Gasteiger partial charge in [0.05, 0.1) is 6.61 Å². The van der Waals surface area contributed by atoms with E-state index in [4.69, 9.17) is 0 Å². The Kier molecular flexibility index (Phi) is 4.81. The summed E-state index contributed by atoms with van der Waals surface area (Å²) in [6.45, 7) is 4.58. The van der Waals surface area contributed by atoms with Crippen LogP contribution in [0.1, 0.15) is 23.6 Å². The van der Waals surface area contributed by atoms with Crippen LogP contribution in [-0.2, 0) is 19.9 Å². The molecule has 1 rings (SSSR count). The molecule has 20 heavy (non-hydrogen) atoms. The number of aryl methyl sites for hydroxylation is 2. The number of hydrogen-bond donors (Lipinski definition) is 0. The van der Waals surface area contributed by atoms with Gasteiger partial charge in [0.25, 0.3) is 5.60 Å². The highest BCUT2D eigenvalue weighted by Crippen LogP contribution is 2.43. The van der Waals surface area contributed by atoms with Gasteiger partial charge in [-0.3, -0.25) is 0 Å². The average Bonchev–Trinajstić information content (AvgIpc) is 2.27. The summed E-state index contributed by atoms with van der Waals surface area (Å²) in [4.78, 5) is 11.9. The Bertz CT molecular complexity index is 477. The quantitative estimate of drug-likeness (QED) is 0.798. The number of ether oxygens (including phenoxy) is 2. The van der Waals surface area contributed by atoms with Crippen LogP contribution in [0.25, 0.3) is 0 Å². The average molecular weight is 290 g/mol. The normalized spacial score (nSPS) is 14.8. The van der Waals surface area contributed by atoms with E-state index in [1.54, 1.807) is 19.9 Å². The van der Waals surface area contributed by atoms with Crippen molar-refractivity contribution in [3.63, 3.8) is 0 Å². The molecule has 0 heterocycles. The van der Waals surface area contributed by atoms with Gasteiger partial charge in [0, 0.05) is 12.7 Å². The zero-order chi connectivity index (χ0) is 15.6. The van der Waals surface area contributed by atoms with Gasteiger partial charge in [0.2, 0.25) is 0 Å². The van der Waals surface area contributed by atoms with Crippen LogP contribution in [0.4, 0.5) is 13.2 Å². The Morgan fingerprint density at radius 3 is 2.00 bits per heavy atom. The summed E-state index contributed by atoms with van der Waals surface area (Å²) in [6, 6.07) is 4.27. The molecule has 0 aliphatic heterocycles. The third kappa shape index (κ3) is 2.80. The molecule has 0 aromatic heterocycles. The van der Waals surface area contributed by atoms with Gasteiger partial charge in [-0.15, -0.1) is 0 Å². The fourth-order valence-corrected chi connectivity index (χ4v) is 2.12. The Morgan fingerprint density at radius 2 is 1.65 bits per heavy atom. The Morgan fingerprint density at radius 1 is 1.15 bits per heavy atom. The summed E-state index contributed by atoms with van der Waals surface area (Å²) in [5.41, 5.74) is -2.16. The van der Waals surface area contributed by atoms with Crippen LogP contribution in [0.5, 0.6) is 0 Å². The van der Waals surface area contributed by atoms with E-state index in [-0.39, 0.29) is 12.2 Å². The molecule has 112 valence electrons. The third-order valence-electron chi connectivity index (χ3n) is 2.90. The molecule has 0 aliphatic rings. The Labute approximate surface area is 115 Å². The fraction of sp³-hybridized carbons (Fsp3) is 0.500. The fourth-order valence-electron chi connectivity index (χ4n) is 2.12. The van der Waals surface area contributed by atoms with E-state index in [1.807, 2.05) is 0 Å². The van der Waals surface area contributed by atoms with Crippen LogP contribution in [-0.4, -0.2) is 25.9 Å². The summed E-state index contributed by atoms with van der Waals surface area (Å²) in [7, 11) is 0.849. The second kappa shape index (κ2) is 5.83. The molecule has 0 unspecified atom stereocenters. The van der Waals surface area contributed by atoms with Crippen LogP contribution in [0.15, 0.2) is 18.2 Å². The van der Waals surface area contributed by atoms with Gasteiger partial charge in [-0.05, 0) is 20.8 Å².